The Morgan fingerprint density at radius 2 is 1.59 bits per heavy atom. The standard InChI is InChI=1S/C28H44N4O7/c1-9-28(7,8)32(25(36)20(17-21(29)33)31-26(37)39-27(4,5)6)23(19-13-11-18(3)12-14-19)24(35)30-16-15-22(34)38-10-2/h11-14,20,23H,9-10,15-17H2,1-8H3,(H2,29,33)(H,30,35)(H,31,37). The van der Waals surface area contributed by atoms with Crippen molar-refractivity contribution in [3.05, 3.63) is 35.4 Å². The Balaban J connectivity index is 3.55. The van der Waals surface area contributed by atoms with Crippen molar-refractivity contribution in [1.82, 2.24) is 15.5 Å². The zero-order chi connectivity index (χ0) is 30.0. The third kappa shape index (κ3) is 10.9. The first-order valence-electron chi connectivity index (χ1n) is 13.1. The lowest BCUT2D eigenvalue weighted by molar-refractivity contribution is -0.150. The SMILES string of the molecule is CCOC(=O)CCNC(=O)C(c1ccc(C)cc1)N(C(=O)C(CC(N)=O)NC(=O)OC(C)(C)C)C(C)(C)CC. The number of nitrogens with zero attached hydrogens (tertiary/aromatic N) is 1. The number of nitrogens with two attached hydrogens (primary N) is 1. The van der Waals surface area contributed by atoms with E-state index >= 15 is 0 Å². The van der Waals surface area contributed by atoms with Crippen molar-refractivity contribution < 1.29 is 33.4 Å². The molecule has 11 heteroatoms. The topological polar surface area (TPSA) is 157 Å². The van der Waals surface area contributed by atoms with Gasteiger partial charge in [-0.1, -0.05) is 36.8 Å². The molecule has 1 aromatic rings. The van der Waals surface area contributed by atoms with Gasteiger partial charge in [-0.2, -0.15) is 0 Å². The summed E-state index contributed by atoms with van der Waals surface area (Å²) in [4.78, 5) is 65.5. The molecule has 0 heterocycles. The lowest BCUT2D eigenvalue weighted by Gasteiger charge is -2.44. The normalized spacial score (nSPS) is 13.0. The van der Waals surface area contributed by atoms with E-state index in [9.17, 15) is 24.0 Å². The average Bonchev–Trinajstić information content (AvgIpc) is 2.80. The summed E-state index contributed by atoms with van der Waals surface area (Å²) in [6.45, 7) is 14.2. The van der Waals surface area contributed by atoms with Gasteiger partial charge in [0.1, 0.15) is 17.7 Å². The number of hydrogen-bond acceptors (Lipinski definition) is 7. The minimum absolute atomic E-state index is 0.00448. The molecule has 1 aromatic carbocycles. The first-order valence-corrected chi connectivity index (χ1v) is 13.1. The molecule has 2 atom stereocenters. The Morgan fingerprint density at radius 1 is 1.00 bits per heavy atom. The first kappa shape index (κ1) is 33.4. The molecule has 4 N–H and O–H groups in total. The van der Waals surface area contributed by atoms with E-state index in [2.05, 4.69) is 10.6 Å². The average molecular weight is 549 g/mol. The van der Waals surface area contributed by atoms with Gasteiger partial charge in [-0.05, 0) is 60.5 Å². The molecule has 0 bridgehead atoms. The predicted octanol–water partition coefficient (Wildman–Crippen LogP) is 2.89. The molecule has 0 radical (unpaired) electrons. The van der Waals surface area contributed by atoms with Gasteiger partial charge in [0.05, 0.1) is 19.4 Å². The van der Waals surface area contributed by atoms with Crippen LogP contribution in [0.1, 0.15) is 84.9 Å². The Hall–Kier alpha value is -3.63. The molecular weight excluding hydrogens is 504 g/mol. The van der Waals surface area contributed by atoms with E-state index in [1.807, 2.05) is 26.0 Å². The fourth-order valence-electron chi connectivity index (χ4n) is 3.75. The number of rotatable bonds is 13. The third-order valence-corrected chi connectivity index (χ3v) is 5.98. The first-order chi connectivity index (χ1) is 18.0. The number of hydrogen-bond donors (Lipinski definition) is 3. The fourth-order valence-corrected chi connectivity index (χ4v) is 3.75. The Bertz CT molecular complexity index is 1020. The second kappa shape index (κ2) is 14.5. The molecule has 0 saturated carbocycles. The Labute approximate surface area is 231 Å². The Morgan fingerprint density at radius 3 is 2.08 bits per heavy atom. The highest BCUT2D eigenvalue weighted by Gasteiger charge is 2.43. The van der Waals surface area contributed by atoms with Crippen LogP contribution >= 0.6 is 0 Å². The molecule has 0 spiro atoms. The van der Waals surface area contributed by atoms with E-state index in [4.69, 9.17) is 15.2 Å². The van der Waals surface area contributed by atoms with Crippen LogP contribution in [-0.4, -0.2) is 65.0 Å². The number of carbonyl (C=O) groups excluding carboxylic acids is 5. The van der Waals surface area contributed by atoms with E-state index < -0.39 is 59.4 Å². The van der Waals surface area contributed by atoms with Crippen molar-refractivity contribution in [2.24, 2.45) is 5.73 Å². The van der Waals surface area contributed by atoms with Gasteiger partial charge >= 0.3 is 12.1 Å². The smallest absolute Gasteiger partial charge is 0.408 e. The second-order valence-corrected chi connectivity index (χ2v) is 10.9. The molecule has 0 fully saturated rings. The van der Waals surface area contributed by atoms with Crippen LogP contribution in [0.3, 0.4) is 0 Å². The lowest BCUT2D eigenvalue weighted by atomic mass is 9.91. The molecule has 4 amide bonds. The van der Waals surface area contributed by atoms with E-state index in [1.165, 1.54) is 4.90 Å². The molecule has 0 saturated heterocycles. The van der Waals surface area contributed by atoms with Crippen molar-refractivity contribution in [1.29, 1.82) is 0 Å². The molecule has 1 rings (SSSR count). The second-order valence-electron chi connectivity index (χ2n) is 10.9. The van der Waals surface area contributed by atoms with Crippen LogP contribution in [0.5, 0.6) is 0 Å². The van der Waals surface area contributed by atoms with Crippen LogP contribution in [-0.2, 0) is 28.7 Å². The number of esters is 1. The largest absolute Gasteiger partial charge is 0.466 e. The van der Waals surface area contributed by atoms with Crippen molar-refractivity contribution in [3.63, 3.8) is 0 Å². The monoisotopic (exact) mass is 548 g/mol. The molecule has 218 valence electrons. The number of ether oxygens (including phenoxy) is 2. The summed E-state index contributed by atoms with van der Waals surface area (Å²) in [7, 11) is 0. The lowest BCUT2D eigenvalue weighted by Crippen LogP contribution is -2.60. The molecule has 0 aromatic heterocycles. The molecule has 0 aliphatic heterocycles. The van der Waals surface area contributed by atoms with Crippen LogP contribution in [0.15, 0.2) is 24.3 Å². The van der Waals surface area contributed by atoms with Crippen LogP contribution in [0.2, 0.25) is 0 Å². The number of aryl methyl sites for hydroxylation is 1. The highest BCUT2D eigenvalue weighted by molar-refractivity contribution is 5.95. The minimum Gasteiger partial charge on any atom is -0.466 e. The van der Waals surface area contributed by atoms with Crippen LogP contribution < -0.4 is 16.4 Å². The van der Waals surface area contributed by atoms with Crippen LogP contribution in [0, 0.1) is 6.92 Å². The predicted molar refractivity (Wildman–Crippen MR) is 146 cm³/mol. The van der Waals surface area contributed by atoms with Crippen molar-refractivity contribution in [2.75, 3.05) is 13.2 Å². The molecule has 11 nitrogen and oxygen atoms in total. The van der Waals surface area contributed by atoms with Gasteiger partial charge < -0.3 is 30.7 Å². The van der Waals surface area contributed by atoms with E-state index in [1.54, 1.807) is 53.7 Å². The number of amides is 4. The minimum atomic E-state index is -1.39. The van der Waals surface area contributed by atoms with Crippen molar-refractivity contribution >= 4 is 29.8 Å². The Kier molecular flexibility index (Phi) is 12.4. The van der Waals surface area contributed by atoms with Crippen molar-refractivity contribution in [2.45, 2.75) is 97.9 Å². The molecule has 0 aliphatic carbocycles. The summed E-state index contributed by atoms with van der Waals surface area (Å²) in [5, 5.41) is 5.19. The number of benzene rings is 1. The zero-order valence-corrected chi connectivity index (χ0v) is 24.4. The maximum Gasteiger partial charge on any atom is 0.408 e. The summed E-state index contributed by atoms with van der Waals surface area (Å²) in [5.74, 6) is -2.50. The molecular formula is C28H44N4O7. The highest BCUT2D eigenvalue weighted by atomic mass is 16.6. The van der Waals surface area contributed by atoms with Gasteiger partial charge in [-0.3, -0.25) is 19.2 Å². The maximum absolute atomic E-state index is 14.1. The van der Waals surface area contributed by atoms with E-state index in [0.717, 1.165) is 5.56 Å². The van der Waals surface area contributed by atoms with Gasteiger partial charge in [-0.15, -0.1) is 0 Å². The van der Waals surface area contributed by atoms with Crippen LogP contribution in [0.25, 0.3) is 0 Å². The molecule has 0 aliphatic rings. The van der Waals surface area contributed by atoms with Crippen LogP contribution in [0.4, 0.5) is 4.79 Å². The van der Waals surface area contributed by atoms with Crippen molar-refractivity contribution in [3.8, 4) is 0 Å². The number of alkyl carbamates (subject to hydrolysis) is 1. The fraction of sp³-hybridized carbons (Fsp3) is 0.607. The number of carbonyl (C=O) groups is 5. The van der Waals surface area contributed by atoms with E-state index in [-0.39, 0.29) is 19.6 Å². The summed E-state index contributed by atoms with van der Waals surface area (Å²) < 4.78 is 10.2. The maximum atomic E-state index is 14.1. The quantitative estimate of drug-likeness (QED) is 0.320. The molecule has 2 unspecified atom stereocenters. The molecule has 39 heavy (non-hydrogen) atoms. The van der Waals surface area contributed by atoms with Gasteiger partial charge in [0.2, 0.25) is 17.7 Å². The summed E-state index contributed by atoms with van der Waals surface area (Å²) in [6.07, 6.45) is -1.01. The van der Waals surface area contributed by atoms with Gasteiger partial charge in [0, 0.05) is 12.1 Å². The van der Waals surface area contributed by atoms with Gasteiger partial charge in [0.15, 0.2) is 0 Å². The number of nitrogens with one attached hydrogen (secondary N) is 2. The summed E-state index contributed by atoms with van der Waals surface area (Å²) >= 11 is 0. The third-order valence-electron chi connectivity index (χ3n) is 5.98. The van der Waals surface area contributed by atoms with Gasteiger partial charge in [-0.25, -0.2) is 4.79 Å². The zero-order valence-electron chi connectivity index (χ0n) is 24.4. The number of primary amides is 1. The summed E-state index contributed by atoms with van der Waals surface area (Å²) in [6, 6.07) is 4.57. The summed E-state index contributed by atoms with van der Waals surface area (Å²) in [5.41, 5.74) is 5.14. The van der Waals surface area contributed by atoms with Gasteiger partial charge in [0.25, 0.3) is 0 Å². The van der Waals surface area contributed by atoms with E-state index in [0.29, 0.717) is 12.0 Å². The highest BCUT2D eigenvalue weighted by Crippen LogP contribution is 2.32.